The van der Waals surface area contributed by atoms with Gasteiger partial charge in [-0.1, -0.05) is 11.6 Å². The van der Waals surface area contributed by atoms with Crippen LogP contribution in [0.1, 0.15) is 32.6 Å². The minimum atomic E-state index is -0.448. The maximum Gasteiger partial charge on any atom is 0.410 e. The Morgan fingerprint density at radius 2 is 2.24 bits per heavy atom. The normalized spacial score (nSPS) is 20.6. The lowest BCUT2D eigenvalue weighted by Gasteiger charge is -2.39. The molecule has 0 aromatic carbocycles. The molecular formula is C14H22ClN3O2S. The fourth-order valence-electron chi connectivity index (χ4n) is 2.28. The Bertz CT molecular complexity index is 501. The van der Waals surface area contributed by atoms with E-state index in [1.807, 2.05) is 27.0 Å². The van der Waals surface area contributed by atoms with Crippen LogP contribution in [0.25, 0.3) is 0 Å². The Morgan fingerprint density at radius 3 is 2.76 bits per heavy atom. The average molecular weight is 332 g/mol. The van der Waals surface area contributed by atoms with Gasteiger partial charge in [0.15, 0.2) is 4.47 Å². The number of ether oxygens (including phenoxy) is 1. The molecule has 0 radical (unpaired) electrons. The predicted octanol–water partition coefficient (Wildman–Crippen LogP) is 3.24. The molecule has 0 saturated carbocycles. The van der Waals surface area contributed by atoms with E-state index in [0.29, 0.717) is 17.6 Å². The van der Waals surface area contributed by atoms with Crippen molar-refractivity contribution in [2.45, 2.75) is 45.9 Å². The molecule has 2 rings (SSSR count). The van der Waals surface area contributed by atoms with Gasteiger partial charge >= 0.3 is 6.09 Å². The number of nitrogens with zero attached hydrogens (tertiary/aromatic N) is 3. The number of piperazine rings is 1. The van der Waals surface area contributed by atoms with Gasteiger partial charge in [0.05, 0.1) is 0 Å². The number of amides is 1. The summed E-state index contributed by atoms with van der Waals surface area (Å²) < 4.78 is 6.00. The highest BCUT2D eigenvalue weighted by molar-refractivity contribution is 7.15. The Balaban J connectivity index is 1.88. The van der Waals surface area contributed by atoms with Gasteiger partial charge in [-0.3, -0.25) is 4.90 Å². The van der Waals surface area contributed by atoms with Crippen molar-refractivity contribution in [1.82, 2.24) is 14.8 Å². The van der Waals surface area contributed by atoms with Crippen molar-refractivity contribution in [2.24, 2.45) is 0 Å². The number of aromatic nitrogens is 1. The van der Waals surface area contributed by atoms with Crippen molar-refractivity contribution in [3.63, 3.8) is 0 Å². The molecule has 1 aromatic rings. The fourth-order valence-corrected chi connectivity index (χ4v) is 3.28. The molecule has 0 N–H and O–H groups in total. The number of hydrogen-bond donors (Lipinski definition) is 0. The van der Waals surface area contributed by atoms with Crippen molar-refractivity contribution < 1.29 is 9.53 Å². The van der Waals surface area contributed by atoms with E-state index in [4.69, 9.17) is 16.3 Å². The molecule has 7 heteroatoms. The maximum absolute atomic E-state index is 12.1. The number of carbonyl (C=O) groups is 1. The van der Waals surface area contributed by atoms with Crippen molar-refractivity contribution in [3.8, 4) is 0 Å². The summed E-state index contributed by atoms with van der Waals surface area (Å²) >= 11 is 7.37. The van der Waals surface area contributed by atoms with E-state index in [1.165, 1.54) is 11.3 Å². The highest BCUT2D eigenvalue weighted by Gasteiger charge is 2.29. The first-order chi connectivity index (χ1) is 9.74. The van der Waals surface area contributed by atoms with Crippen molar-refractivity contribution in [3.05, 3.63) is 15.5 Å². The predicted molar refractivity (Wildman–Crippen MR) is 84.8 cm³/mol. The smallest absolute Gasteiger partial charge is 0.410 e. The molecule has 1 aromatic heterocycles. The zero-order valence-electron chi connectivity index (χ0n) is 12.9. The molecule has 118 valence electrons. The zero-order valence-corrected chi connectivity index (χ0v) is 14.5. The zero-order chi connectivity index (χ0) is 15.6. The van der Waals surface area contributed by atoms with Crippen LogP contribution in [-0.4, -0.2) is 52.2 Å². The summed E-state index contributed by atoms with van der Waals surface area (Å²) in [4.78, 5) is 21.4. The van der Waals surface area contributed by atoms with Crippen molar-refractivity contribution in [1.29, 1.82) is 0 Å². The van der Waals surface area contributed by atoms with Gasteiger partial charge in [0.2, 0.25) is 0 Å². The van der Waals surface area contributed by atoms with E-state index in [0.717, 1.165) is 18.0 Å². The van der Waals surface area contributed by atoms with Crippen molar-refractivity contribution >= 4 is 29.0 Å². The van der Waals surface area contributed by atoms with Crippen LogP contribution in [0.5, 0.6) is 0 Å². The lowest BCUT2D eigenvalue weighted by atomic mass is 10.2. The lowest BCUT2D eigenvalue weighted by Crippen LogP contribution is -2.53. The summed E-state index contributed by atoms with van der Waals surface area (Å²) in [6.07, 6.45) is 1.59. The molecule has 0 spiro atoms. The molecule has 1 aliphatic heterocycles. The molecule has 5 nitrogen and oxygen atoms in total. The highest BCUT2D eigenvalue weighted by Crippen LogP contribution is 2.22. The number of halogens is 1. The minimum absolute atomic E-state index is 0.227. The van der Waals surface area contributed by atoms with Gasteiger partial charge in [-0.05, 0) is 27.7 Å². The van der Waals surface area contributed by atoms with E-state index in [1.54, 1.807) is 4.90 Å². The summed E-state index contributed by atoms with van der Waals surface area (Å²) in [5, 5.41) is 0. The van der Waals surface area contributed by atoms with Gasteiger partial charge in [-0.25, -0.2) is 9.78 Å². The lowest BCUT2D eigenvalue weighted by molar-refractivity contribution is 0.00474. The van der Waals surface area contributed by atoms with Crippen LogP contribution < -0.4 is 0 Å². The molecule has 2 heterocycles. The summed E-state index contributed by atoms with van der Waals surface area (Å²) in [5.74, 6) is 0. The van der Waals surface area contributed by atoms with Crippen LogP contribution in [0.2, 0.25) is 4.47 Å². The first kappa shape index (κ1) is 16.5. The molecule has 0 unspecified atom stereocenters. The minimum Gasteiger partial charge on any atom is -0.444 e. The van der Waals surface area contributed by atoms with E-state index in [9.17, 15) is 4.79 Å². The standard InChI is InChI=1S/C14H22ClN3O2S/c1-10-8-18(13(19)20-14(2,3)4)6-5-17(10)9-11-7-16-12(15)21-11/h7,10H,5-6,8-9H2,1-4H3/t10-/m1/s1. The van der Waals surface area contributed by atoms with Crippen LogP contribution in [0.15, 0.2) is 6.20 Å². The topological polar surface area (TPSA) is 45.7 Å². The molecular weight excluding hydrogens is 310 g/mol. The second kappa shape index (κ2) is 6.50. The summed E-state index contributed by atoms with van der Waals surface area (Å²) in [5.41, 5.74) is -0.448. The van der Waals surface area contributed by atoms with Crippen LogP contribution >= 0.6 is 22.9 Å². The Morgan fingerprint density at radius 1 is 1.52 bits per heavy atom. The van der Waals surface area contributed by atoms with Gasteiger partial charge in [-0.2, -0.15) is 0 Å². The molecule has 1 saturated heterocycles. The Labute approximate surface area is 134 Å². The summed E-state index contributed by atoms with van der Waals surface area (Å²) in [6, 6.07) is 0.284. The number of rotatable bonds is 2. The largest absolute Gasteiger partial charge is 0.444 e. The second-order valence-electron chi connectivity index (χ2n) is 6.33. The third-order valence-corrected chi connectivity index (χ3v) is 4.40. The molecule has 1 fully saturated rings. The first-order valence-corrected chi connectivity index (χ1v) is 8.26. The molecule has 21 heavy (non-hydrogen) atoms. The van der Waals surface area contributed by atoms with E-state index >= 15 is 0 Å². The number of thiazole rings is 1. The quantitative estimate of drug-likeness (QED) is 0.834. The van der Waals surface area contributed by atoms with Gasteiger partial charge in [0.25, 0.3) is 0 Å². The van der Waals surface area contributed by atoms with Crippen LogP contribution in [0.4, 0.5) is 4.79 Å². The van der Waals surface area contributed by atoms with E-state index in [2.05, 4.69) is 16.8 Å². The second-order valence-corrected chi connectivity index (χ2v) is 8.02. The Kier molecular flexibility index (Phi) is 5.11. The highest BCUT2D eigenvalue weighted by atomic mass is 35.5. The van der Waals surface area contributed by atoms with Crippen molar-refractivity contribution in [2.75, 3.05) is 19.6 Å². The maximum atomic E-state index is 12.1. The van der Waals surface area contributed by atoms with E-state index in [-0.39, 0.29) is 12.1 Å². The first-order valence-electron chi connectivity index (χ1n) is 7.07. The monoisotopic (exact) mass is 331 g/mol. The molecule has 1 aliphatic rings. The third-order valence-electron chi connectivity index (χ3n) is 3.30. The van der Waals surface area contributed by atoms with Crippen LogP contribution in [0, 0.1) is 0 Å². The molecule has 1 amide bonds. The summed E-state index contributed by atoms with van der Waals surface area (Å²) in [6.45, 7) is 10.8. The Hall–Kier alpha value is -0.850. The molecule has 1 atom stereocenters. The third kappa shape index (κ3) is 4.83. The average Bonchev–Trinajstić information content (AvgIpc) is 2.75. The number of hydrogen-bond acceptors (Lipinski definition) is 5. The van der Waals surface area contributed by atoms with Crippen LogP contribution in [0.3, 0.4) is 0 Å². The van der Waals surface area contributed by atoms with Gasteiger partial charge in [0, 0.05) is 43.3 Å². The fraction of sp³-hybridized carbons (Fsp3) is 0.714. The molecule has 0 bridgehead atoms. The SMILES string of the molecule is C[C@@H]1CN(C(=O)OC(C)(C)C)CCN1Cc1cnc(Cl)s1. The molecule has 0 aliphatic carbocycles. The van der Waals surface area contributed by atoms with E-state index < -0.39 is 5.60 Å². The van der Waals surface area contributed by atoms with Gasteiger partial charge in [-0.15, -0.1) is 11.3 Å². The van der Waals surface area contributed by atoms with Crippen LogP contribution in [-0.2, 0) is 11.3 Å². The van der Waals surface area contributed by atoms with Gasteiger partial charge < -0.3 is 9.64 Å². The van der Waals surface area contributed by atoms with Gasteiger partial charge in [0.1, 0.15) is 5.60 Å². The number of carbonyl (C=O) groups excluding carboxylic acids is 1. The summed E-state index contributed by atoms with van der Waals surface area (Å²) in [7, 11) is 0.